The van der Waals surface area contributed by atoms with E-state index in [0.717, 1.165) is 0 Å². The van der Waals surface area contributed by atoms with Gasteiger partial charge in [-0.25, -0.2) is 9.37 Å². The van der Waals surface area contributed by atoms with Gasteiger partial charge in [0.15, 0.2) is 0 Å². The van der Waals surface area contributed by atoms with Gasteiger partial charge in [0.25, 0.3) is 0 Å². The molecule has 1 N–H and O–H groups in total. The molecule has 0 saturated carbocycles. The van der Waals surface area contributed by atoms with Crippen LogP contribution in [0.5, 0.6) is 0 Å². The predicted molar refractivity (Wildman–Crippen MR) is 85.1 cm³/mol. The number of benzene rings is 1. The van der Waals surface area contributed by atoms with Crippen molar-refractivity contribution in [3.8, 4) is 0 Å². The molecule has 1 aromatic heterocycles. The van der Waals surface area contributed by atoms with Crippen LogP contribution in [0.3, 0.4) is 0 Å². The maximum absolute atomic E-state index is 13.8. The van der Waals surface area contributed by atoms with E-state index >= 15 is 0 Å². The van der Waals surface area contributed by atoms with Crippen molar-refractivity contribution in [2.24, 2.45) is 0 Å². The Morgan fingerprint density at radius 2 is 2.19 bits per heavy atom. The van der Waals surface area contributed by atoms with Gasteiger partial charge in [0.1, 0.15) is 17.7 Å². The molecule has 1 heterocycles. The van der Waals surface area contributed by atoms with Crippen molar-refractivity contribution in [2.75, 3.05) is 6.54 Å². The number of likely N-dealkylation sites (N-methyl/N-ethyl adjacent to an activating group) is 1. The van der Waals surface area contributed by atoms with Crippen LogP contribution >= 0.6 is 27.5 Å². The van der Waals surface area contributed by atoms with Crippen molar-refractivity contribution in [3.05, 3.63) is 28.2 Å². The fraction of sp³-hybridized carbons (Fsp3) is 0.429. The minimum absolute atomic E-state index is 0.154. The molecule has 0 bridgehead atoms. The quantitative estimate of drug-likeness (QED) is 0.822. The zero-order chi connectivity index (χ0) is 15.7. The van der Waals surface area contributed by atoms with Crippen LogP contribution in [0.15, 0.2) is 16.6 Å². The molecule has 0 aliphatic carbocycles. The minimum atomic E-state index is -0.522. The summed E-state index contributed by atoms with van der Waals surface area (Å²) in [4.78, 5) is 16.5. The van der Waals surface area contributed by atoms with E-state index in [1.165, 1.54) is 6.07 Å². The van der Waals surface area contributed by atoms with Crippen molar-refractivity contribution in [1.82, 2.24) is 14.9 Å². The van der Waals surface area contributed by atoms with E-state index in [1.54, 1.807) is 24.5 Å². The summed E-state index contributed by atoms with van der Waals surface area (Å²) in [6.07, 6.45) is 0. The van der Waals surface area contributed by atoms with E-state index in [1.807, 2.05) is 6.92 Å². The fourth-order valence-electron chi connectivity index (χ4n) is 2.24. The van der Waals surface area contributed by atoms with E-state index in [4.69, 9.17) is 11.6 Å². The number of imidazole rings is 1. The molecule has 21 heavy (non-hydrogen) atoms. The van der Waals surface area contributed by atoms with E-state index in [-0.39, 0.29) is 5.91 Å². The summed E-state index contributed by atoms with van der Waals surface area (Å²) in [6.45, 7) is 5.89. The SMILES string of the molecule is CCNC(=O)C(C)n1c(C(C)Cl)nc2cc(Br)c(F)cc21. The molecular weight excluding hydrogens is 361 g/mol. The summed E-state index contributed by atoms with van der Waals surface area (Å²) in [7, 11) is 0. The first-order valence-electron chi connectivity index (χ1n) is 6.65. The van der Waals surface area contributed by atoms with Crippen LogP contribution in [0.4, 0.5) is 4.39 Å². The van der Waals surface area contributed by atoms with E-state index in [2.05, 4.69) is 26.2 Å². The molecule has 0 fully saturated rings. The number of halogens is 3. The molecule has 0 saturated heterocycles. The first kappa shape index (κ1) is 16.2. The predicted octanol–water partition coefficient (Wildman–Crippen LogP) is 3.93. The molecule has 2 atom stereocenters. The Morgan fingerprint density at radius 1 is 1.52 bits per heavy atom. The summed E-state index contributed by atoms with van der Waals surface area (Å²) in [5.74, 6) is -0.0119. The maximum atomic E-state index is 13.8. The van der Waals surface area contributed by atoms with Gasteiger partial charge in [0.2, 0.25) is 5.91 Å². The van der Waals surface area contributed by atoms with Gasteiger partial charge in [-0.2, -0.15) is 0 Å². The zero-order valence-electron chi connectivity index (χ0n) is 12.0. The van der Waals surface area contributed by atoms with Crippen LogP contribution in [-0.2, 0) is 4.79 Å². The van der Waals surface area contributed by atoms with Gasteiger partial charge < -0.3 is 9.88 Å². The first-order chi connectivity index (χ1) is 9.86. The third kappa shape index (κ3) is 3.06. The highest BCUT2D eigenvalue weighted by Crippen LogP contribution is 2.31. The van der Waals surface area contributed by atoms with Crippen molar-refractivity contribution >= 4 is 44.5 Å². The van der Waals surface area contributed by atoms with Crippen LogP contribution in [-0.4, -0.2) is 22.0 Å². The van der Waals surface area contributed by atoms with Crippen LogP contribution in [0, 0.1) is 5.82 Å². The molecule has 0 spiro atoms. The van der Waals surface area contributed by atoms with Gasteiger partial charge >= 0.3 is 0 Å². The van der Waals surface area contributed by atoms with Crippen molar-refractivity contribution in [2.45, 2.75) is 32.2 Å². The molecule has 2 unspecified atom stereocenters. The van der Waals surface area contributed by atoms with E-state index in [0.29, 0.717) is 27.9 Å². The lowest BCUT2D eigenvalue weighted by molar-refractivity contribution is -0.123. The normalized spacial score (nSPS) is 14.2. The number of nitrogens with zero attached hydrogens (tertiary/aromatic N) is 2. The lowest BCUT2D eigenvalue weighted by atomic mass is 10.2. The summed E-state index contributed by atoms with van der Waals surface area (Å²) in [5.41, 5.74) is 1.15. The van der Waals surface area contributed by atoms with Crippen LogP contribution < -0.4 is 5.32 Å². The number of amides is 1. The summed E-state index contributed by atoms with van der Waals surface area (Å²) < 4.78 is 15.9. The van der Waals surface area contributed by atoms with Crippen LogP contribution in [0.2, 0.25) is 0 Å². The Morgan fingerprint density at radius 3 is 2.76 bits per heavy atom. The number of rotatable bonds is 4. The monoisotopic (exact) mass is 375 g/mol. The summed E-state index contributed by atoms with van der Waals surface area (Å²) in [6, 6.07) is 2.44. The molecule has 2 aromatic rings. The Kier molecular flexibility index (Phi) is 4.88. The molecular formula is C14H16BrClFN3O. The van der Waals surface area contributed by atoms with E-state index in [9.17, 15) is 9.18 Å². The highest BCUT2D eigenvalue weighted by atomic mass is 79.9. The summed E-state index contributed by atoms with van der Waals surface area (Å²) in [5, 5.41) is 2.36. The Balaban J connectivity index is 2.66. The molecule has 0 radical (unpaired) electrons. The highest BCUT2D eigenvalue weighted by molar-refractivity contribution is 9.10. The molecule has 0 aliphatic heterocycles. The number of fused-ring (bicyclic) bond motifs is 1. The van der Waals surface area contributed by atoms with Gasteiger partial charge in [-0.05, 0) is 42.8 Å². The molecule has 1 aromatic carbocycles. The first-order valence-corrected chi connectivity index (χ1v) is 7.88. The molecule has 1 amide bonds. The third-order valence-corrected chi connectivity index (χ3v) is 4.04. The van der Waals surface area contributed by atoms with Crippen LogP contribution in [0.1, 0.15) is 38.0 Å². The summed E-state index contributed by atoms with van der Waals surface area (Å²) >= 11 is 9.31. The second-order valence-electron chi connectivity index (χ2n) is 4.78. The van der Waals surface area contributed by atoms with Gasteiger partial charge in [-0.1, -0.05) is 0 Å². The standard InChI is InChI=1S/C14H16BrClFN3O/c1-4-18-14(21)8(3)20-12-6-10(17)9(15)5-11(12)19-13(20)7(2)16/h5-8H,4H2,1-3H3,(H,18,21). The topological polar surface area (TPSA) is 46.9 Å². The second kappa shape index (κ2) is 6.32. The van der Waals surface area contributed by atoms with Crippen molar-refractivity contribution in [1.29, 1.82) is 0 Å². The number of carbonyl (C=O) groups is 1. The van der Waals surface area contributed by atoms with Crippen molar-refractivity contribution < 1.29 is 9.18 Å². The number of alkyl halides is 1. The Labute approximate surface area is 135 Å². The molecule has 7 heteroatoms. The fourth-order valence-corrected chi connectivity index (χ4v) is 2.72. The van der Waals surface area contributed by atoms with Gasteiger partial charge in [0.05, 0.1) is 20.9 Å². The number of aromatic nitrogens is 2. The zero-order valence-corrected chi connectivity index (χ0v) is 14.3. The lowest BCUT2D eigenvalue weighted by Crippen LogP contribution is -2.31. The number of nitrogens with one attached hydrogen (secondary N) is 1. The van der Waals surface area contributed by atoms with Gasteiger partial charge in [-0.15, -0.1) is 11.6 Å². The molecule has 2 rings (SSSR count). The second-order valence-corrected chi connectivity index (χ2v) is 6.29. The third-order valence-electron chi connectivity index (χ3n) is 3.23. The smallest absolute Gasteiger partial charge is 0.242 e. The van der Waals surface area contributed by atoms with Crippen LogP contribution in [0.25, 0.3) is 11.0 Å². The molecule has 114 valence electrons. The average Bonchev–Trinajstić information content (AvgIpc) is 2.77. The average molecular weight is 377 g/mol. The molecule has 4 nitrogen and oxygen atoms in total. The lowest BCUT2D eigenvalue weighted by Gasteiger charge is -2.18. The molecule has 0 aliphatic rings. The number of hydrogen-bond donors (Lipinski definition) is 1. The Bertz CT molecular complexity index is 686. The van der Waals surface area contributed by atoms with Crippen molar-refractivity contribution in [3.63, 3.8) is 0 Å². The number of hydrogen-bond acceptors (Lipinski definition) is 2. The number of carbonyl (C=O) groups excluding carboxylic acids is 1. The Hall–Kier alpha value is -1.14. The minimum Gasteiger partial charge on any atom is -0.355 e. The van der Waals surface area contributed by atoms with E-state index < -0.39 is 17.2 Å². The van der Waals surface area contributed by atoms with Gasteiger partial charge in [-0.3, -0.25) is 4.79 Å². The highest BCUT2D eigenvalue weighted by Gasteiger charge is 2.24. The maximum Gasteiger partial charge on any atom is 0.242 e. The largest absolute Gasteiger partial charge is 0.355 e. The van der Waals surface area contributed by atoms with Gasteiger partial charge in [0, 0.05) is 12.6 Å².